The van der Waals surface area contributed by atoms with Crippen LogP contribution in [0.15, 0.2) is 12.2 Å². The number of nitrogens with one attached hydrogen (secondary N) is 2. The summed E-state index contributed by atoms with van der Waals surface area (Å²) in [6.45, 7) is 12.2. The first-order valence-corrected chi connectivity index (χ1v) is 5.98. The van der Waals surface area contributed by atoms with Crippen molar-refractivity contribution in [3.05, 3.63) is 12.2 Å². The van der Waals surface area contributed by atoms with E-state index >= 15 is 0 Å². The van der Waals surface area contributed by atoms with Crippen molar-refractivity contribution in [2.45, 2.75) is 64.6 Å². The van der Waals surface area contributed by atoms with E-state index in [-0.39, 0.29) is 11.1 Å². The topological polar surface area (TPSA) is 24.1 Å². The lowest BCUT2D eigenvalue weighted by molar-refractivity contribution is 0.148. The van der Waals surface area contributed by atoms with Crippen LogP contribution in [0.4, 0.5) is 0 Å². The second-order valence-electron chi connectivity index (χ2n) is 5.98. The summed E-state index contributed by atoms with van der Waals surface area (Å²) in [7, 11) is 0. The van der Waals surface area contributed by atoms with Gasteiger partial charge in [0.15, 0.2) is 0 Å². The van der Waals surface area contributed by atoms with E-state index in [1.165, 1.54) is 12.8 Å². The molecule has 0 atom stereocenters. The number of allylic oxidation sites excluding steroid dienone is 1. The van der Waals surface area contributed by atoms with Gasteiger partial charge in [-0.25, -0.2) is 0 Å². The van der Waals surface area contributed by atoms with Gasteiger partial charge in [-0.3, -0.25) is 0 Å². The lowest BCUT2D eigenvalue weighted by Crippen LogP contribution is -2.61. The van der Waals surface area contributed by atoms with Crippen LogP contribution in [-0.4, -0.2) is 23.7 Å². The maximum atomic E-state index is 3.69. The lowest BCUT2D eigenvalue weighted by Gasteiger charge is -2.46. The van der Waals surface area contributed by atoms with Gasteiger partial charge in [0.25, 0.3) is 0 Å². The molecule has 2 N–H and O–H groups in total. The highest BCUT2D eigenvalue weighted by Gasteiger charge is 2.37. The molecule has 0 aromatic rings. The van der Waals surface area contributed by atoms with Crippen molar-refractivity contribution >= 4 is 0 Å². The van der Waals surface area contributed by atoms with Gasteiger partial charge in [-0.15, -0.1) is 0 Å². The van der Waals surface area contributed by atoms with Gasteiger partial charge >= 0.3 is 0 Å². The minimum absolute atomic E-state index is 0.245. The van der Waals surface area contributed by atoms with Gasteiger partial charge in [-0.05, 0) is 47.5 Å². The van der Waals surface area contributed by atoms with Crippen LogP contribution in [0.25, 0.3) is 0 Å². The van der Waals surface area contributed by atoms with Crippen molar-refractivity contribution < 1.29 is 0 Å². The highest BCUT2D eigenvalue weighted by molar-refractivity contribution is 5.00. The molecule has 0 amide bonds. The van der Waals surface area contributed by atoms with Gasteiger partial charge in [0.05, 0.1) is 0 Å². The third kappa shape index (κ3) is 4.35. The molecule has 2 heteroatoms. The van der Waals surface area contributed by atoms with Crippen LogP contribution in [-0.2, 0) is 0 Å². The molecule has 1 saturated heterocycles. The molecule has 15 heavy (non-hydrogen) atoms. The fraction of sp³-hybridized carbons (Fsp3) is 0.846. The Labute approximate surface area is 94.5 Å². The molecule has 0 aliphatic carbocycles. The molecule has 0 bridgehead atoms. The number of hydrogen-bond donors (Lipinski definition) is 2. The molecule has 0 aromatic heterocycles. The Morgan fingerprint density at radius 2 is 1.73 bits per heavy atom. The van der Waals surface area contributed by atoms with Gasteiger partial charge in [0.1, 0.15) is 0 Å². The average Bonchev–Trinajstić information content (AvgIpc) is 1.98. The van der Waals surface area contributed by atoms with E-state index in [2.05, 4.69) is 57.4 Å². The van der Waals surface area contributed by atoms with E-state index in [4.69, 9.17) is 0 Å². The van der Waals surface area contributed by atoms with Crippen LogP contribution < -0.4 is 10.6 Å². The first-order chi connectivity index (χ1) is 6.85. The fourth-order valence-corrected chi connectivity index (χ4v) is 2.82. The Morgan fingerprint density at radius 1 is 1.20 bits per heavy atom. The van der Waals surface area contributed by atoms with Crippen molar-refractivity contribution in [3.8, 4) is 0 Å². The molecule has 1 fully saturated rings. The molecule has 1 heterocycles. The van der Waals surface area contributed by atoms with E-state index in [0.29, 0.717) is 6.04 Å². The summed E-state index contributed by atoms with van der Waals surface area (Å²) in [5.41, 5.74) is 0.491. The molecule has 2 nitrogen and oxygen atoms in total. The third-order valence-electron chi connectivity index (χ3n) is 2.95. The average molecular weight is 210 g/mol. The second-order valence-corrected chi connectivity index (χ2v) is 5.98. The molecular weight excluding hydrogens is 184 g/mol. The van der Waals surface area contributed by atoms with Gasteiger partial charge in [0, 0.05) is 23.7 Å². The molecular formula is C13H26N2. The van der Waals surface area contributed by atoms with E-state index < -0.39 is 0 Å². The smallest absolute Gasteiger partial charge is 0.0144 e. The van der Waals surface area contributed by atoms with Gasteiger partial charge in [-0.1, -0.05) is 12.2 Å². The first kappa shape index (κ1) is 12.7. The predicted octanol–water partition coefficient (Wildman–Crippen LogP) is 2.46. The normalized spacial score (nSPS) is 25.9. The summed E-state index contributed by atoms with van der Waals surface area (Å²) in [5, 5.41) is 7.30. The molecule has 0 radical (unpaired) electrons. The Bertz CT molecular complexity index is 213. The van der Waals surface area contributed by atoms with Crippen molar-refractivity contribution in [2.24, 2.45) is 0 Å². The summed E-state index contributed by atoms with van der Waals surface area (Å²) in [5.74, 6) is 0. The summed E-state index contributed by atoms with van der Waals surface area (Å²) < 4.78 is 0. The summed E-state index contributed by atoms with van der Waals surface area (Å²) in [4.78, 5) is 0. The highest BCUT2D eigenvalue weighted by atomic mass is 15.1. The zero-order chi connectivity index (χ0) is 11.5. The zero-order valence-electron chi connectivity index (χ0n) is 10.9. The van der Waals surface area contributed by atoms with Crippen LogP contribution >= 0.6 is 0 Å². The molecule has 0 spiro atoms. The SMILES string of the molecule is C/C=C/CNC1CC(C)(C)NC(C)(C)C1. The van der Waals surface area contributed by atoms with Gasteiger partial charge in [-0.2, -0.15) is 0 Å². The number of rotatable bonds is 3. The summed E-state index contributed by atoms with van der Waals surface area (Å²) >= 11 is 0. The predicted molar refractivity (Wildman–Crippen MR) is 67.1 cm³/mol. The highest BCUT2D eigenvalue weighted by Crippen LogP contribution is 2.28. The second kappa shape index (κ2) is 4.67. The zero-order valence-corrected chi connectivity index (χ0v) is 10.9. The first-order valence-electron chi connectivity index (χ1n) is 5.98. The standard InChI is InChI=1S/C13H26N2/c1-6-7-8-14-11-9-12(2,3)15-13(4,5)10-11/h6-7,11,14-15H,8-10H2,1-5H3/b7-6+. The summed E-state index contributed by atoms with van der Waals surface area (Å²) in [6.07, 6.45) is 6.69. The molecule has 0 aromatic carbocycles. The Kier molecular flexibility index (Phi) is 3.96. The number of hydrogen-bond acceptors (Lipinski definition) is 2. The van der Waals surface area contributed by atoms with Crippen LogP contribution in [0.3, 0.4) is 0 Å². The Hall–Kier alpha value is -0.340. The van der Waals surface area contributed by atoms with Crippen molar-refractivity contribution in [1.82, 2.24) is 10.6 Å². The maximum Gasteiger partial charge on any atom is 0.0144 e. The van der Waals surface area contributed by atoms with Gasteiger partial charge in [0.2, 0.25) is 0 Å². The van der Waals surface area contributed by atoms with Gasteiger partial charge < -0.3 is 10.6 Å². The third-order valence-corrected chi connectivity index (χ3v) is 2.95. The van der Waals surface area contributed by atoms with E-state index in [0.717, 1.165) is 6.54 Å². The largest absolute Gasteiger partial charge is 0.310 e. The van der Waals surface area contributed by atoms with Crippen molar-refractivity contribution in [1.29, 1.82) is 0 Å². The molecule has 1 aliphatic rings. The van der Waals surface area contributed by atoms with E-state index in [1.54, 1.807) is 0 Å². The Balaban J connectivity index is 2.51. The van der Waals surface area contributed by atoms with E-state index in [1.807, 2.05) is 0 Å². The summed E-state index contributed by atoms with van der Waals surface area (Å²) in [6, 6.07) is 0.632. The number of piperidine rings is 1. The molecule has 1 aliphatic heterocycles. The maximum absolute atomic E-state index is 3.69. The molecule has 0 unspecified atom stereocenters. The quantitative estimate of drug-likeness (QED) is 0.699. The van der Waals surface area contributed by atoms with Crippen LogP contribution in [0, 0.1) is 0 Å². The van der Waals surface area contributed by atoms with Crippen molar-refractivity contribution in [2.75, 3.05) is 6.54 Å². The fourth-order valence-electron chi connectivity index (χ4n) is 2.82. The van der Waals surface area contributed by atoms with E-state index in [9.17, 15) is 0 Å². The van der Waals surface area contributed by atoms with Crippen LogP contribution in [0.5, 0.6) is 0 Å². The Morgan fingerprint density at radius 3 is 2.20 bits per heavy atom. The molecule has 1 rings (SSSR count). The minimum Gasteiger partial charge on any atom is -0.310 e. The van der Waals surface area contributed by atoms with Crippen LogP contribution in [0.2, 0.25) is 0 Å². The molecule has 88 valence electrons. The monoisotopic (exact) mass is 210 g/mol. The molecule has 0 saturated carbocycles. The lowest BCUT2D eigenvalue weighted by atomic mass is 9.79. The van der Waals surface area contributed by atoms with Crippen molar-refractivity contribution in [3.63, 3.8) is 0 Å². The minimum atomic E-state index is 0.245. The van der Waals surface area contributed by atoms with Crippen LogP contribution in [0.1, 0.15) is 47.5 Å².